The highest BCUT2D eigenvalue weighted by Gasteiger charge is 2.48. The molecule has 0 aliphatic carbocycles. The third kappa shape index (κ3) is 4.62. The van der Waals surface area contributed by atoms with E-state index in [9.17, 15) is 26.4 Å². The zero-order chi connectivity index (χ0) is 17.0. The summed E-state index contributed by atoms with van der Waals surface area (Å²) in [4.78, 5) is 11.4. The van der Waals surface area contributed by atoms with Crippen molar-refractivity contribution in [2.45, 2.75) is 32.2 Å². The first-order valence-corrected chi connectivity index (χ1v) is 7.79. The Labute approximate surface area is 126 Å². The van der Waals surface area contributed by atoms with Gasteiger partial charge >= 0.3 is 21.6 Å². The van der Waals surface area contributed by atoms with E-state index in [-0.39, 0.29) is 25.0 Å². The number of carbonyl (C=O) groups excluding carboxylic acids is 1. The van der Waals surface area contributed by atoms with Gasteiger partial charge in [0.15, 0.2) is 0 Å². The first kappa shape index (κ1) is 18.3. The van der Waals surface area contributed by atoms with Crippen LogP contribution in [0.2, 0.25) is 0 Å². The number of hydrogen-bond donors (Lipinski definition) is 0. The average Bonchev–Trinajstić information content (AvgIpc) is 2.37. The Morgan fingerprint density at radius 2 is 1.86 bits per heavy atom. The zero-order valence-corrected chi connectivity index (χ0v) is 12.8. The van der Waals surface area contributed by atoms with Gasteiger partial charge in [-0.1, -0.05) is 19.1 Å². The van der Waals surface area contributed by atoms with Crippen LogP contribution in [0.4, 0.5) is 13.2 Å². The van der Waals surface area contributed by atoms with Gasteiger partial charge in [0, 0.05) is 0 Å². The van der Waals surface area contributed by atoms with Gasteiger partial charge in [-0.15, -0.1) is 0 Å². The van der Waals surface area contributed by atoms with Crippen molar-refractivity contribution in [1.29, 1.82) is 0 Å². The minimum absolute atomic E-state index is 0.164. The van der Waals surface area contributed by atoms with Crippen LogP contribution < -0.4 is 4.18 Å². The van der Waals surface area contributed by atoms with Crippen molar-refractivity contribution in [3.05, 3.63) is 29.3 Å². The molecule has 9 heteroatoms. The van der Waals surface area contributed by atoms with Gasteiger partial charge in [-0.2, -0.15) is 21.6 Å². The summed E-state index contributed by atoms with van der Waals surface area (Å²) >= 11 is 0. The fourth-order valence-electron chi connectivity index (χ4n) is 1.62. The number of carbonyl (C=O) groups is 1. The van der Waals surface area contributed by atoms with Crippen molar-refractivity contribution in [1.82, 2.24) is 0 Å². The van der Waals surface area contributed by atoms with Crippen molar-refractivity contribution in [2.24, 2.45) is 0 Å². The molecule has 0 bridgehead atoms. The molecule has 0 atom stereocenters. The maximum atomic E-state index is 12.4. The number of benzene rings is 1. The number of alkyl halides is 3. The zero-order valence-electron chi connectivity index (χ0n) is 11.9. The number of aryl methyl sites for hydroxylation is 1. The van der Waals surface area contributed by atoms with Gasteiger partial charge in [0.05, 0.1) is 13.0 Å². The SMILES string of the molecule is CCOC(=O)Cc1ccc(CC)c(OS(=O)(=O)C(F)(F)F)c1. The van der Waals surface area contributed by atoms with Gasteiger partial charge in [-0.25, -0.2) is 0 Å². The Kier molecular flexibility index (Phi) is 5.81. The summed E-state index contributed by atoms with van der Waals surface area (Å²) in [5.74, 6) is -1.02. The first-order valence-electron chi connectivity index (χ1n) is 6.39. The van der Waals surface area contributed by atoms with E-state index in [0.717, 1.165) is 6.07 Å². The largest absolute Gasteiger partial charge is 0.534 e. The third-order valence-corrected chi connectivity index (χ3v) is 3.62. The van der Waals surface area contributed by atoms with E-state index < -0.39 is 27.3 Å². The maximum absolute atomic E-state index is 12.4. The fraction of sp³-hybridized carbons (Fsp3) is 0.462. The second-order valence-electron chi connectivity index (χ2n) is 4.26. The number of halogens is 3. The molecule has 1 aromatic carbocycles. The van der Waals surface area contributed by atoms with Crippen LogP contribution >= 0.6 is 0 Å². The summed E-state index contributed by atoms with van der Waals surface area (Å²) in [6.07, 6.45) is 0.0721. The summed E-state index contributed by atoms with van der Waals surface area (Å²) < 4.78 is 68.2. The molecule has 1 aromatic rings. The summed E-state index contributed by atoms with van der Waals surface area (Å²) in [5, 5.41) is 0. The molecule has 5 nitrogen and oxygen atoms in total. The van der Waals surface area contributed by atoms with Gasteiger partial charge in [0.25, 0.3) is 0 Å². The quantitative estimate of drug-likeness (QED) is 0.452. The smallest absolute Gasteiger partial charge is 0.466 e. The average molecular weight is 340 g/mol. The Hall–Kier alpha value is -1.77. The van der Waals surface area contributed by atoms with E-state index in [0.29, 0.717) is 5.56 Å². The molecular formula is C13H15F3O5S. The standard InChI is InChI=1S/C13H15F3O5S/c1-3-10-6-5-9(8-12(17)20-4-2)7-11(10)21-22(18,19)13(14,15)16/h5-7H,3-4,8H2,1-2H3. The van der Waals surface area contributed by atoms with E-state index in [2.05, 4.69) is 4.18 Å². The molecule has 22 heavy (non-hydrogen) atoms. The van der Waals surface area contributed by atoms with Crippen molar-refractivity contribution < 1.29 is 35.3 Å². The molecule has 0 saturated heterocycles. The first-order chi connectivity index (χ1) is 10.1. The predicted molar refractivity (Wildman–Crippen MR) is 71.8 cm³/mol. The Morgan fingerprint density at radius 1 is 1.23 bits per heavy atom. The minimum atomic E-state index is -5.76. The van der Waals surface area contributed by atoms with Gasteiger partial charge in [0.1, 0.15) is 5.75 Å². The van der Waals surface area contributed by atoms with Crippen molar-refractivity contribution >= 4 is 16.1 Å². The van der Waals surface area contributed by atoms with Crippen molar-refractivity contribution in [3.8, 4) is 5.75 Å². The van der Waals surface area contributed by atoms with Gasteiger partial charge in [-0.05, 0) is 30.5 Å². The van der Waals surface area contributed by atoms with E-state index in [1.165, 1.54) is 12.1 Å². The molecule has 0 amide bonds. The summed E-state index contributed by atoms with van der Waals surface area (Å²) in [6.45, 7) is 3.41. The second-order valence-corrected chi connectivity index (χ2v) is 5.80. The van der Waals surface area contributed by atoms with Crippen LogP contribution in [0.3, 0.4) is 0 Å². The Balaban J connectivity index is 3.10. The van der Waals surface area contributed by atoms with Crippen LogP contribution in [0.1, 0.15) is 25.0 Å². The summed E-state index contributed by atoms with van der Waals surface area (Å²) in [5.41, 5.74) is -4.95. The fourth-order valence-corrected chi connectivity index (χ4v) is 2.11. The van der Waals surface area contributed by atoms with Crippen LogP contribution in [-0.4, -0.2) is 26.5 Å². The topological polar surface area (TPSA) is 69.7 Å². The minimum Gasteiger partial charge on any atom is -0.466 e. The highest BCUT2D eigenvalue weighted by atomic mass is 32.2. The molecule has 0 fully saturated rings. The molecule has 0 radical (unpaired) electrons. The van der Waals surface area contributed by atoms with Crippen LogP contribution in [-0.2, 0) is 32.5 Å². The lowest BCUT2D eigenvalue weighted by molar-refractivity contribution is -0.142. The molecule has 0 saturated carbocycles. The molecule has 0 N–H and O–H groups in total. The molecule has 0 aliphatic heterocycles. The Bertz CT molecular complexity index is 638. The monoisotopic (exact) mass is 340 g/mol. The lowest BCUT2D eigenvalue weighted by Crippen LogP contribution is -2.28. The number of rotatable bonds is 6. The highest BCUT2D eigenvalue weighted by molar-refractivity contribution is 7.88. The van der Waals surface area contributed by atoms with Crippen LogP contribution in [0.15, 0.2) is 18.2 Å². The number of esters is 1. The molecule has 124 valence electrons. The van der Waals surface area contributed by atoms with Crippen LogP contribution in [0.5, 0.6) is 5.75 Å². The molecule has 0 heterocycles. The number of hydrogen-bond acceptors (Lipinski definition) is 5. The lowest BCUT2D eigenvalue weighted by Gasteiger charge is -2.13. The van der Waals surface area contributed by atoms with Crippen LogP contribution in [0.25, 0.3) is 0 Å². The molecule has 0 aliphatic rings. The third-order valence-electron chi connectivity index (χ3n) is 2.65. The van der Waals surface area contributed by atoms with Crippen LogP contribution in [0, 0.1) is 0 Å². The van der Waals surface area contributed by atoms with E-state index in [4.69, 9.17) is 4.74 Å². The summed E-state index contributed by atoms with van der Waals surface area (Å²) in [7, 11) is -5.76. The van der Waals surface area contributed by atoms with Crippen molar-refractivity contribution in [3.63, 3.8) is 0 Å². The maximum Gasteiger partial charge on any atom is 0.534 e. The molecule has 0 unspecified atom stereocenters. The molecule has 1 rings (SSSR count). The molecular weight excluding hydrogens is 325 g/mol. The molecule has 0 spiro atoms. The van der Waals surface area contributed by atoms with E-state index in [1.54, 1.807) is 13.8 Å². The van der Waals surface area contributed by atoms with E-state index >= 15 is 0 Å². The second kappa shape index (κ2) is 6.99. The van der Waals surface area contributed by atoms with Gasteiger partial charge < -0.3 is 8.92 Å². The van der Waals surface area contributed by atoms with Gasteiger partial charge in [0.2, 0.25) is 0 Å². The van der Waals surface area contributed by atoms with Crippen molar-refractivity contribution in [2.75, 3.05) is 6.61 Å². The van der Waals surface area contributed by atoms with E-state index in [1.807, 2.05) is 0 Å². The van der Waals surface area contributed by atoms with Gasteiger partial charge in [-0.3, -0.25) is 4.79 Å². The lowest BCUT2D eigenvalue weighted by atomic mass is 10.1. The highest BCUT2D eigenvalue weighted by Crippen LogP contribution is 2.30. The normalized spacial score (nSPS) is 12.0. The Morgan fingerprint density at radius 3 is 2.36 bits per heavy atom. The predicted octanol–water partition coefficient (Wildman–Crippen LogP) is 2.58. The number of ether oxygens (including phenoxy) is 1. The molecule has 0 aromatic heterocycles. The summed E-state index contributed by atoms with van der Waals surface area (Å²) in [6, 6.07) is 4.01.